The van der Waals surface area contributed by atoms with Gasteiger partial charge in [-0.1, -0.05) is 17.7 Å². The van der Waals surface area contributed by atoms with Gasteiger partial charge >= 0.3 is 5.97 Å². The van der Waals surface area contributed by atoms with Gasteiger partial charge in [0.2, 0.25) is 11.8 Å². The third-order valence-electron chi connectivity index (χ3n) is 3.94. The van der Waals surface area contributed by atoms with E-state index in [4.69, 9.17) is 16.7 Å². The summed E-state index contributed by atoms with van der Waals surface area (Å²) in [7, 11) is 0. The van der Waals surface area contributed by atoms with Crippen molar-refractivity contribution < 1.29 is 19.5 Å². The van der Waals surface area contributed by atoms with Crippen molar-refractivity contribution in [2.24, 2.45) is 11.8 Å². The highest BCUT2D eigenvalue weighted by Crippen LogP contribution is 2.40. The van der Waals surface area contributed by atoms with Crippen LogP contribution in [-0.2, 0) is 9.59 Å². The van der Waals surface area contributed by atoms with Gasteiger partial charge in [0.1, 0.15) is 0 Å². The molecule has 2 aliphatic rings. The van der Waals surface area contributed by atoms with Gasteiger partial charge in [-0.3, -0.25) is 14.5 Å². The number of fused-ring (bicyclic) bond motifs is 1. The number of allylic oxidation sites excluding steroid dienone is 2. The van der Waals surface area contributed by atoms with E-state index >= 15 is 0 Å². The van der Waals surface area contributed by atoms with Crippen LogP contribution in [0.2, 0.25) is 0 Å². The minimum absolute atomic E-state index is 0.111. The van der Waals surface area contributed by atoms with E-state index in [9.17, 15) is 14.4 Å². The van der Waals surface area contributed by atoms with Gasteiger partial charge in [-0.05, 0) is 37.1 Å². The molecule has 1 saturated heterocycles. The van der Waals surface area contributed by atoms with Gasteiger partial charge in [-0.25, -0.2) is 4.79 Å². The number of hydrogen-bond donors (Lipinski definition) is 1. The Kier molecular flexibility index (Phi) is 3.29. The van der Waals surface area contributed by atoms with Crippen LogP contribution in [0, 0.1) is 11.8 Å². The van der Waals surface area contributed by atoms with Gasteiger partial charge < -0.3 is 5.11 Å². The minimum atomic E-state index is -1.05. The summed E-state index contributed by atoms with van der Waals surface area (Å²) in [6, 6.07) is 5.72. The van der Waals surface area contributed by atoms with E-state index in [1.807, 2.05) is 0 Å². The summed E-state index contributed by atoms with van der Waals surface area (Å²) >= 11 is 5.96. The second kappa shape index (κ2) is 5.00. The van der Waals surface area contributed by atoms with Crippen LogP contribution in [0.5, 0.6) is 0 Å². The summed E-state index contributed by atoms with van der Waals surface area (Å²) in [4.78, 5) is 36.8. The lowest BCUT2D eigenvalue weighted by molar-refractivity contribution is -0.122. The Morgan fingerprint density at radius 1 is 1.14 bits per heavy atom. The smallest absolute Gasteiger partial charge is 0.335 e. The molecule has 1 aromatic carbocycles. The Bertz CT molecular complexity index is 665. The lowest BCUT2D eigenvalue weighted by atomic mass is 9.85. The standard InChI is InChI=1S/C15H12ClNO4/c16-9-3-6-11-12(7-9)14(19)17(13(11)18)10-4-1-8(2-5-10)15(20)21/h1-5,11-12H,6-7H2,(H,20,21). The van der Waals surface area contributed by atoms with E-state index in [0.717, 1.165) is 4.90 Å². The first-order valence-corrected chi connectivity index (χ1v) is 6.92. The largest absolute Gasteiger partial charge is 0.478 e. The first kappa shape index (κ1) is 13.8. The van der Waals surface area contributed by atoms with Crippen LogP contribution < -0.4 is 4.90 Å². The van der Waals surface area contributed by atoms with E-state index in [1.54, 1.807) is 6.08 Å². The van der Waals surface area contributed by atoms with Crippen LogP contribution >= 0.6 is 11.6 Å². The summed E-state index contributed by atoms with van der Waals surface area (Å²) in [5.41, 5.74) is 0.514. The number of nitrogens with zero attached hydrogens (tertiary/aromatic N) is 1. The molecule has 3 rings (SSSR count). The van der Waals surface area contributed by atoms with Crippen LogP contribution in [0.1, 0.15) is 23.2 Å². The zero-order chi connectivity index (χ0) is 15.1. The fraction of sp³-hybridized carbons (Fsp3) is 0.267. The van der Waals surface area contributed by atoms with Crippen LogP contribution in [0.15, 0.2) is 35.4 Å². The Hall–Kier alpha value is -2.14. The molecule has 6 heteroatoms. The minimum Gasteiger partial charge on any atom is -0.478 e. The second-order valence-electron chi connectivity index (χ2n) is 5.17. The van der Waals surface area contributed by atoms with Gasteiger partial charge in [0.05, 0.1) is 23.1 Å². The van der Waals surface area contributed by atoms with E-state index in [-0.39, 0.29) is 23.3 Å². The molecule has 2 atom stereocenters. The third kappa shape index (κ3) is 2.23. The molecule has 1 aliphatic carbocycles. The Labute approximate surface area is 125 Å². The first-order valence-electron chi connectivity index (χ1n) is 6.54. The van der Waals surface area contributed by atoms with Gasteiger partial charge in [0, 0.05) is 5.03 Å². The van der Waals surface area contributed by atoms with Gasteiger partial charge in [0.15, 0.2) is 0 Å². The predicted molar refractivity (Wildman–Crippen MR) is 76.0 cm³/mol. The van der Waals surface area contributed by atoms with Gasteiger partial charge in [-0.15, -0.1) is 0 Å². The number of carbonyl (C=O) groups excluding carboxylic acids is 2. The van der Waals surface area contributed by atoms with E-state index in [2.05, 4.69) is 0 Å². The number of carboxylic acid groups (broad SMARTS) is 1. The molecular weight excluding hydrogens is 294 g/mol. The number of hydrogen-bond acceptors (Lipinski definition) is 3. The van der Waals surface area contributed by atoms with Crippen molar-refractivity contribution in [2.75, 3.05) is 4.90 Å². The number of carbonyl (C=O) groups is 3. The fourth-order valence-electron chi connectivity index (χ4n) is 2.83. The summed E-state index contributed by atoms with van der Waals surface area (Å²) in [6.07, 6.45) is 2.64. The molecule has 0 saturated carbocycles. The van der Waals surface area contributed by atoms with Crippen LogP contribution in [-0.4, -0.2) is 22.9 Å². The van der Waals surface area contributed by atoms with E-state index < -0.39 is 11.9 Å². The predicted octanol–water partition coefficient (Wildman–Crippen LogP) is 2.41. The molecule has 2 unspecified atom stereocenters. The lowest BCUT2D eigenvalue weighted by Gasteiger charge is -2.17. The Morgan fingerprint density at radius 2 is 1.76 bits per heavy atom. The molecule has 1 fully saturated rings. The Balaban J connectivity index is 1.91. The zero-order valence-corrected chi connectivity index (χ0v) is 11.7. The number of amides is 2. The monoisotopic (exact) mass is 305 g/mol. The van der Waals surface area contributed by atoms with E-state index in [0.29, 0.717) is 23.6 Å². The summed E-state index contributed by atoms with van der Waals surface area (Å²) in [6.45, 7) is 0. The van der Waals surface area contributed by atoms with Crippen molar-refractivity contribution in [2.45, 2.75) is 12.8 Å². The number of carboxylic acids is 1. The normalized spacial score (nSPS) is 24.8. The number of imide groups is 1. The first-order chi connectivity index (χ1) is 9.99. The van der Waals surface area contributed by atoms with Crippen molar-refractivity contribution in [3.63, 3.8) is 0 Å². The topological polar surface area (TPSA) is 74.7 Å². The highest BCUT2D eigenvalue weighted by atomic mass is 35.5. The molecule has 0 radical (unpaired) electrons. The van der Waals surface area contributed by atoms with E-state index in [1.165, 1.54) is 24.3 Å². The molecule has 1 N–H and O–H groups in total. The maximum atomic E-state index is 12.4. The van der Waals surface area contributed by atoms with Crippen molar-refractivity contribution >= 4 is 35.1 Å². The average Bonchev–Trinajstić information content (AvgIpc) is 2.70. The zero-order valence-electron chi connectivity index (χ0n) is 11.0. The quantitative estimate of drug-likeness (QED) is 0.851. The van der Waals surface area contributed by atoms with Crippen molar-refractivity contribution in [1.82, 2.24) is 0 Å². The van der Waals surface area contributed by atoms with Gasteiger partial charge in [-0.2, -0.15) is 0 Å². The van der Waals surface area contributed by atoms with Crippen LogP contribution in [0.25, 0.3) is 0 Å². The second-order valence-corrected chi connectivity index (χ2v) is 5.65. The van der Waals surface area contributed by atoms with Crippen molar-refractivity contribution in [3.05, 3.63) is 40.9 Å². The molecule has 1 heterocycles. The molecule has 0 bridgehead atoms. The highest BCUT2D eigenvalue weighted by Gasteiger charge is 2.48. The molecule has 5 nitrogen and oxygen atoms in total. The van der Waals surface area contributed by atoms with Gasteiger partial charge in [0.25, 0.3) is 0 Å². The molecule has 0 spiro atoms. The third-order valence-corrected chi connectivity index (χ3v) is 4.25. The lowest BCUT2D eigenvalue weighted by Crippen LogP contribution is -2.30. The number of halogens is 1. The van der Waals surface area contributed by atoms with Crippen LogP contribution in [0.4, 0.5) is 5.69 Å². The maximum absolute atomic E-state index is 12.4. The summed E-state index contributed by atoms with van der Waals surface area (Å²) < 4.78 is 0. The van der Waals surface area contributed by atoms with Crippen LogP contribution in [0.3, 0.4) is 0 Å². The molecule has 21 heavy (non-hydrogen) atoms. The number of benzene rings is 1. The molecule has 108 valence electrons. The molecule has 2 amide bonds. The maximum Gasteiger partial charge on any atom is 0.335 e. The molecular formula is C15H12ClNO4. The number of aromatic carboxylic acids is 1. The fourth-order valence-corrected chi connectivity index (χ4v) is 3.09. The molecule has 0 aromatic heterocycles. The average molecular weight is 306 g/mol. The van der Waals surface area contributed by atoms with Crippen molar-refractivity contribution in [1.29, 1.82) is 0 Å². The highest BCUT2D eigenvalue weighted by molar-refractivity contribution is 6.30. The van der Waals surface area contributed by atoms with Crippen molar-refractivity contribution in [3.8, 4) is 0 Å². The SMILES string of the molecule is O=C(O)c1ccc(N2C(=O)C3CC=C(Cl)CC3C2=O)cc1. The Morgan fingerprint density at radius 3 is 2.38 bits per heavy atom. The number of rotatable bonds is 2. The summed E-state index contributed by atoms with van der Waals surface area (Å²) in [5, 5.41) is 9.49. The molecule has 1 aromatic rings. The molecule has 1 aliphatic heterocycles. The summed E-state index contributed by atoms with van der Waals surface area (Å²) in [5.74, 6) is -2.33. The number of anilines is 1.